The number of aromatic amines is 1. The monoisotopic (exact) mass is 414 g/mol. The molecule has 1 aliphatic heterocycles. The van der Waals surface area contributed by atoms with E-state index in [1.165, 1.54) is 6.20 Å². The third-order valence-electron chi connectivity index (χ3n) is 5.08. The summed E-state index contributed by atoms with van der Waals surface area (Å²) in [5, 5.41) is 20.0. The van der Waals surface area contributed by atoms with Crippen molar-refractivity contribution in [3.63, 3.8) is 0 Å². The summed E-state index contributed by atoms with van der Waals surface area (Å²) in [5.74, 6) is 1.88. The molecule has 5 rings (SSSR count). The minimum Gasteiger partial charge on any atom is -0.497 e. The molecule has 0 spiro atoms. The van der Waals surface area contributed by atoms with Gasteiger partial charge in [-0.15, -0.1) is 0 Å². The number of H-pyrrole nitrogens is 1. The molecule has 4 aromatic rings. The first-order chi connectivity index (χ1) is 15.2. The van der Waals surface area contributed by atoms with Gasteiger partial charge in [-0.3, -0.25) is 4.79 Å². The first-order valence-corrected chi connectivity index (χ1v) is 9.60. The lowest BCUT2D eigenvalue weighted by atomic mass is 10.1. The Bertz CT molecular complexity index is 1350. The van der Waals surface area contributed by atoms with Crippen molar-refractivity contribution in [2.75, 3.05) is 24.4 Å². The number of methoxy groups -OCH3 is 1. The summed E-state index contributed by atoms with van der Waals surface area (Å²) in [4.78, 5) is 15.0. The number of carbonyl (C=O) groups excluding carboxylic acids is 1. The van der Waals surface area contributed by atoms with Crippen LogP contribution in [-0.2, 0) is 11.3 Å². The van der Waals surface area contributed by atoms with E-state index < -0.39 is 0 Å². The van der Waals surface area contributed by atoms with Crippen LogP contribution in [0.1, 0.15) is 11.1 Å². The molecular weight excluding hydrogens is 396 g/mol. The highest BCUT2D eigenvalue weighted by atomic mass is 16.5. The smallest absolute Gasteiger partial charge is 0.262 e. The first kappa shape index (κ1) is 18.6. The van der Waals surface area contributed by atoms with Gasteiger partial charge in [0.2, 0.25) is 0 Å². The maximum absolute atomic E-state index is 11.7. The van der Waals surface area contributed by atoms with Crippen molar-refractivity contribution in [2.24, 2.45) is 0 Å². The van der Waals surface area contributed by atoms with Crippen LogP contribution in [0, 0.1) is 11.3 Å². The molecule has 154 valence electrons. The SMILES string of the molecule is COc1cccc(CNc2c(-c3ccc4c(c3)NC(=O)CO4)[nH]c3c(C#N)cnn23)c1. The summed E-state index contributed by atoms with van der Waals surface area (Å²) in [6.45, 7) is 0.519. The maximum atomic E-state index is 11.7. The molecule has 0 bridgehead atoms. The molecule has 0 saturated heterocycles. The van der Waals surface area contributed by atoms with Gasteiger partial charge in [-0.1, -0.05) is 12.1 Å². The van der Waals surface area contributed by atoms with E-state index in [0.717, 1.165) is 22.6 Å². The molecule has 0 atom stereocenters. The molecule has 0 unspecified atom stereocenters. The largest absolute Gasteiger partial charge is 0.497 e. The van der Waals surface area contributed by atoms with Crippen LogP contribution in [0.2, 0.25) is 0 Å². The van der Waals surface area contributed by atoms with Gasteiger partial charge in [0.1, 0.15) is 23.1 Å². The molecule has 2 aromatic heterocycles. The number of benzene rings is 2. The van der Waals surface area contributed by atoms with Crippen molar-refractivity contribution in [1.82, 2.24) is 14.6 Å². The van der Waals surface area contributed by atoms with Crippen LogP contribution in [-0.4, -0.2) is 34.2 Å². The first-order valence-electron chi connectivity index (χ1n) is 9.60. The van der Waals surface area contributed by atoms with Crippen LogP contribution in [0.15, 0.2) is 48.7 Å². The number of anilines is 2. The minimum atomic E-state index is -0.200. The zero-order chi connectivity index (χ0) is 21.4. The molecule has 0 radical (unpaired) electrons. The molecule has 1 aliphatic rings. The highest BCUT2D eigenvalue weighted by molar-refractivity contribution is 5.96. The van der Waals surface area contributed by atoms with Crippen molar-refractivity contribution in [3.8, 4) is 28.8 Å². The van der Waals surface area contributed by atoms with Gasteiger partial charge in [0.15, 0.2) is 18.1 Å². The lowest BCUT2D eigenvalue weighted by molar-refractivity contribution is -0.118. The third kappa shape index (κ3) is 3.30. The van der Waals surface area contributed by atoms with Crippen LogP contribution in [0.5, 0.6) is 11.5 Å². The maximum Gasteiger partial charge on any atom is 0.262 e. The van der Waals surface area contributed by atoms with Crippen LogP contribution in [0.3, 0.4) is 0 Å². The second-order valence-electron chi connectivity index (χ2n) is 7.03. The van der Waals surface area contributed by atoms with Crippen LogP contribution < -0.4 is 20.1 Å². The highest BCUT2D eigenvalue weighted by Gasteiger charge is 2.21. The molecular formula is C22H18N6O3. The van der Waals surface area contributed by atoms with Gasteiger partial charge >= 0.3 is 0 Å². The molecule has 1 amide bonds. The molecule has 9 heteroatoms. The van der Waals surface area contributed by atoms with Gasteiger partial charge in [0, 0.05) is 12.1 Å². The van der Waals surface area contributed by atoms with E-state index in [9.17, 15) is 10.1 Å². The van der Waals surface area contributed by atoms with E-state index in [-0.39, 0.29) is 12.5 Å². The Morgan fingerprint density at radius 3 is 3.06 bits per heavy atom. The number of carbonyl (C=O) groups is 1. The zero-order valence-electron chi connectivity index (χ0n) is 16.6. The number of amides is 1. The molecule has 3 heterocycles. The third-order valence-corrected chi connectivity index (χ3v) is 5.08. The Kier molecular flexibility index (Phi) is 4.45. The minimum absolute atomic E-state index is 0.00153. The number of ether oxygens (including phenoxy) is 2. The molecule has 0 fully saturated rings. The number of fused-ring (bicyclic) bond motifs is 2. The topological polar surface area (TPSA) is 116 Å². The molecule has 2 aromatic carbocycles. The van der Waals surface area contributed by atoms with E-state index >= 15 is 0 Å². The van der Waals surface area contributed by atoms with E-state index in [1.54, 1.807) is 11.6 Å². The van der Waals surface area contributed by atoms with Crippen molar-refractivity contribution in [3.05, 3.63) is 59.8 Å². The Hall–Kier alpha value is -4.45. The fourth-order valence-electron chi connectivity index (χ4n) is 3.58. The number of hydrogen-bond donors (Lipinski definition) is 3. The van der Waals surface area contributed by atoms with Gasteiger partial charge in [0.05, 0.1) is 24.7 Å². The van der Waals surface area contributed by atoms with E-state index in [1.807, 2.05) is 42.5 Å². The van der Waals surface area contributed by atoms with Crippen molar-refractivity contribution < 1.29 is 14.3 Å². The number of nitriles is 1. The number of hydrogen-bond acceptors (Lipinski definition) is 6. The van der Waals surface area contributed by atoms with Gasteiger partial charge in [0.25, 0.3) is 5.91 Å². The molecule has 0 saturated carbocycles. The number of nitrogens with one attached hydrogen (secondary N) is 3. The van der Waals surface area contributed by atoms with Gasteiger partial charge < -0.3 is 25.1 Å². The number of nitrogens with zero attached hydrogens (tertiary/aromatic N) is 3. The van der Waals surface area contributed by atoms with Crippen LogP contribution in [0.4, 0.5) is 11.5 Å². The number of rotatable bonds is 5. The summed E-state index contributed by atoms with van der Waals surface area (Å²) in [6, 6.07) is 15.4. The molecule has 3 N–H and O–H groups in total. The standard InChI is InChI=1S/C22H18N6O3/c1-30-16-4-2-3-13(7-16)10-24-22-20(27-21-15(9-23)11-25-28(21)22)14-5-6-18-17(8-14)26-19(29)12-31-18/h2-8,11,24,27H,10,12H2,1H3,(H,26,29). The average Bonchev–Trinajstić information content (AvgIpc) is 3.36. The molecule has 0 aliphatic carbocycles. The van der Waals surface area contributed by atoms with E-state index in [4.69, 9.17) is 9.47 Å². The Labute approximate surface area is 177 Å². The number of aromatic nitrogens is 3. The van der Waals surface area contributed by atoms with Crippen molar-refractivity contribution >= 4 is 23.1 Å². The Balaban J connectivity index is 1.56. The normalized spacial score (nSPS) is 12.6. The van der Waals surface area contributed by atoms with E-state index in [0.29, 0.717) is 35.0 Å². The summed E-state index contributed by atoms with van der Waals surface area (Å²) >= 11 is 0. The van der Waals surface area contributed by atoms with Gasteiger partial charge in [-0.2, -0.15) is 14.9 Å². The quantitative estimate of drug-likeness (QED) is 0.462. The van der Waals surface area contributed by atoms with Crippen molar-refractivity contribution in [2.45, 2.75) is 6.54 Å². The van der Waals surface area contributed by atoms with Crippen LogP contribution in [0.25, 0.3) is 16.9 Å². The Morgan fingerprint density at radius 1 is 1.32 bits per heavy atom. The Morgan fingerprint density at radius 2 is 2.23 bits per heavy atom. The van der Waals surface area contributed by atoms with Gasteiger partial charge in [-0.05, 0) is 35.9 Å². The van der Waals surface area contributed by atoms with Crippen LogP contribution >= 0.6 is 0 Å². The second-order valence-corrected chi connectivity index (χ2v) is 7.03. The fraction of sp³-hybridized carbons (Fsp3) is 0.136. The predicted octanol–water partition coefficient (Wildman–Crippen LogP) is 3.15. The van der Waals surface area contributed by atoms with Crippen molar-refractivity contribution in [1.29, 1.82) is 5.26 Å². The average molecular weight is 414 g/mol. The lowest BCUT2D eigenvalue weighted by Crippen LogP contribution is -2.25. The zero-order valence-corrected chi connectivity index (χ0v) is 16.6. The highest BCUT2D eigenvalue weighted by Crippen LogP contribution is 2.36. The van der Waals surface area contributed by atoms with E-state index in [2.05, 4.69) is 26.8 Å². The lowest BCUT2D eigenvalue weighted by Gasteiger charge is -2.18. The second kappa shape index (κ2) is 7.42. The number of imidazole rings is 1. The predicted molar refractivity (Wildman–Crippen MR) is 114 cm³/mol. The van der Waals surface area contributed by atoms with Gasteiger partial charge in [-0.25, -0.2) is 0 Å². The summed E-state index contributed by atoms with van der Waals surface area (Å²) in [5.41, 5.74) is 4.20. The fourth-order valence-corrected chi connectivity index (χ4v) is 3.58. The summed E-state index contributed by atoms with van der Waals surface area (Å²) in [6.07, 6.45) is 1.52. The summed E-state index contributed by atoms with van der Waals surface area (Å²) < 4.78 is 12.4. The summed E-state index contributed by atoms with van der Waals surface area (Å²) in [7, 11) is 1.63. The molecule has 31 heavy (non-hydrogen) atoms. The molecule has 9 nitrogen and oxygen atoms in total.